The molecule has 0 aliphatic heterocycles. The van der Waals surface area contributed by atoms with Crippen LogP contribution in [0.5, 0.6) is 0 Å². The second-order valence-corrected chi connectivity index (χ2v) is 7.52. The lowest BCUT2D eigenvalue weighted by Crippen LogP contribution is -2.16. The molecule has 4 rings (SSSR count). The Hall–Kier alpha value is -1.15. The minimum atomic E-state index is 0.450. The molecule has 2 aromatic rings. The third-order valence-electron chi connectivity index (χ3n) is 5.32. The number of hydrogen-bond acceptors (Lipinski definition) is 2. The van der Waals surface area contributed by atoms with Gasteiger partial charge in [-0.1, -0.05) is 24.6 Å². The van der Waals surface area contributed by atoms with E-state index in [0.29, 0.717) is 18.1 Å². The van der Waals surface area contributed by atoms with Gasteiger partial charge in [-0.2, -0.15) is 0 Å². The summed E-state index contributed by atoms with van der Waals surface area (Å²) in [7, 11) is 0. The van der Waals surface area contributed by atoms with Crippen LogP contribution in [0.1, 0.15) is 37.7 Å². The average molecular weight is 284 g/mol. The van der Waals surface area contributed by atoms with E-state index in [1.165, 1.54) is 41.3 Å². The average Bonchev–Trinajstić information content (AvgIpc) is 3.14. The molecule has 2 heteroatoms. The van der Waals surface area contributed by atoms with Crippen LogP contribution in [0.25, 0.3) is 10.1 Å². The fourth-order valence-electron chi connectivity index (χ4n) is 4.37. The van der Waals surface area contributed by atoms with Crippen molar-refractivity contribution in [3.63, 3.8) is 0 Å². The zero-order valence-corrected chi connectivity index (χ0v) is 12.5. The summed E-state index contributed by atoms with van der Waals surface area (Å²) in [6.45, 7) is 0. The van der Waals surface area contributed by atoms with E-state index >= 15 is 0 Å². The van der Waals surface area contributed by atoms with Gasteiger partial charge in [0.05, 0.1) is 0 Å². The Kier molecular flexibility index (Phi) is 3.14. The van der Waals surface area contributed by atoms with E-state index in [0.717, 1.165) is 18.3 Å². The fourth-order valence-corrected chi connectivity index (χ4v) is 5.34. The summed E-state index contributed by atoms with van der Waals surface area (Å²) in [5, 5.41) is 3.45. The SMILES string of the molecule is O=C(Cc1csc2ccccc12)CC1CC2CCC1C2. The van der Waals surface area contributed by atoms with Gasteiger partial charge >= 0.3 is 0 Å². The molecular formula is C18H20OS. The van der Waals surface area contributed by atoms with E-state index < -0.39 is 0 Å². The van der Waals surface area contributed by atoms with Crippen LogP contribution in [-0.2, 0) is 11.2 Å². The van der Waals surface area contributed by atoms with E-state index in [9.17, 15) is 4.79 Å². The van der Waals surface area contributed by atoms with Crippen LogP contribution in [0.3, 0.4) is 0 Å². The van der Waals surface area contributed by atoms with Crippen molar-refractivity contribution in [1.29, 1.82) is 0 Å². The number of carbonyl (C=O) groups excluding carboxylic acids is 1. The fraction of sp³-hybridized carbons (Fsp3) is 0.500. The number of benzene rings is 1. The number of carbonyl (C=O) groups is 1. The van der Waals surface area contributed by atoms with E-state index in [2.05, 4.69) is 29.6 Å². The number of thiophene rings is 1. The first-order chi connectivity index (χ1) is 9.79. The molecule has 0 spiro atoms. The van der Waals surface area contributed by atoms with Crippen molar-refractivity contribution in [3.8, 4) is 0 Å². The first kappa shape index (κ1) is 12.6. The van der Waals surface area contributed by atoms with Gasteiger partial charge in [-0.25, -0.2) is 0 Å². The van der Waals surface area contributed by atoms with Crippen LogP contribution >= 0.6 is 11.3 Å². The number of ketones is 1. The van der Waals surface area contributed by atoms with Crippen molar-refractivity contribution in [2.24, 2.45) is 17.8 Å². The molecule has 1 heterocycles. The Bertz CT molecular complexity index is 642. The quantitative estimate of drug-likeness (QED) is 0.785. The number of Topliss-reactive ketones (excluding diaryl/α,β-unsaturated/α-hetero) is 1. The van der Waals surface area contributed by atoms with E-state index in [1.54, 1.807) is 11.3 Å². The lowest BCUT2D eigenvalue weighted by Gasteiger charge is -2.20. The summed E-state index contributed by atoms with van der Waals surface area (Å²) in [4.78, 5) is 12.4. The van der Waals surface area contributed by atoms with Crippen LogP contribution in [0, 0.1) is 17.8 Å². The first-order valence-corrected chi connectivity index (χ1v) is 8.64. The molecule has 2 fully saturated rings. The van der Waals surface area contributed by atoms with Gasteiger partial charge in [-0.05, 0) is 59.4 Å². The molecule has 2 aliphatic carbocycles. The number of hydrogen-bond donors (Lipinski definition) is 0. The van der Waals surface area contributed by atoms with Crippen molar-refractivity contribution in [3.05, 3.63) is 35.2 Å². The van der Waals surface area contributed by atoms with Crippen molar-refractivity contribution >= 4 is 27.2 Å². The molecule has 0 saturated heterocycles. The van der Waals surface area contributed by atoms with Crippen molar-refractivity contribution in [2.75, 3.05) is 0 Å². The highest BCUT2D eigenvalue weighted by Crippen LogP contribution is 2.49. The lowest BCUT2D eigenvalue weighted by atomic mass is 9.84. The van der Waals surface area contributed by atoms with Gasteiger partial charge in [-0.3, -0.25) is 4.79 Å². The Morgan fingerprint density at radius 1 is 1.20 bits per heavy atom. The normalized spacial score (nSPS) is 28.3. The molecule has 0 N–H and O–H groups in total. The van der Waals surface area contributed by atoms with Gasteiger partial charge in [0.2, 0.25) is 0 Å². The van der Waals surface area contributed by atoms with Gasteiger partial charge in [0.1, 0.15) is 5.78 Å². The zero-order valence-electron chi connectivity index (χ0n) is 11.7. The van der Waals surface area contributed by atoms with E-state index in [-0.39, 0.29) is 0 Å². The molecule has 0 radical (unpaired) electrons. The molecule has 3 atom stereocenters. The van der Waals surface area contributed by atoms with Gasteiger partial charge in [0, 0.05) is 17.5 Å². The van der Waals surface area contributed by atoms with Crippen LogP contribution in [0.4, 0.5) is 0 Å². The lowest BCUT2D eigenvalue weighted by molar-refractivity contribution is -0.119. The maximum absolute atomic E-state index is 12.4. The second kappa shape index (κ2) is 5.00. The maximum atomic E-state index is 12.4. The van der Waals surface area contributed by atoms with E-state index in [4.69, 9.17) is 0 Å². The molecular weight excluding hydrogens is 264 g/mol. The standard InChI is InChI=1S/C18H20OS/c19-16(9-14-8-12-5-6-13(14)7-12)10-15-11-20-18-4-2-1-3-17(15)18/h1-4,11-14H,5-10H2. The van der Waals surface area contributed by atoms with Crippen LogP contribution < -0.4 is 0 Å². The molecule has 2 bridgehead atoms. The Morgan fingerprint density at radius 3 is 2.90 bits per heavy atom. The summed E-state index contributed by atoms with van der Waals surface area (Å²) in [5.41, 5.74) is 1.23. The summed E-state index contributed by atoms with van der Waals surface area (Å²) < 4.78 is 1.30. The highest BCUT2D eigenvalue weighted by molar-refractivity contribution is 7.17. The number of rotatable bonds is 4. The molecule has 1 nitrogen and oxygen atoms in total. The van der Waals surface area contributed by atoms with Crippen molar-refractivity contribution in [2.45, 2.75) is 38.5 Å². The van der Waals surface area contributed by atoms with Gasteiger partial charge in [-0.15, -0.1) is 11.3 Å². The molecule has 0 amide bonds. The highest BCUT2D eigenvalue weighted by atomic mass is 32.1. The largest absolute Gasteiger partial charge is 0.299 e. The first-order valence-electron chi connectivity index (χ1n) is 7.76. The van der Waals surface area contributed by atoms with Crippen LogP contribution in [-0.4, -0.2) is 5.78 Å². The summed E-state index contributed by atoms with van der Waals surface area (Å²) in [5.74, 6) is 2.96. The van der Waals surface area contributed by atoms with Crippen molar-refractivity contribution < 1.29 is 4.79 Å². The molecule has 1 aromatic heterocycles. The Morgan fingerprint density at radius 2 is 2.10 bits per heavy atom. The Balaban J connectivity index is 1.45. The predicted molar refractivity (Wildman–Crippen MR) is 84.1 cm³/mol. The molecule has 2 aliphatic rings. The van der Waals surface area contributed by atoms with Crippen LogP contribution in [0.2, 0.25) is 0 Å². The summed E-state index contributed by atoms with van der Waals surface area (Å²) in [6, 6.07) is 8.43. The van der Waals surface area contributed by atoms with E-state index in [1.807, 2.05) is 0 Å². The van der Waals surface area contributed by atoms with Gasteiger partial charge in [0.25, 0.3) is 0 Å². The second-order valence-electron chi connectivity index (χ2n) is 6.61. The molecule has 20 heavy (non-hydrogen) atoms. The minimum Gasteiger partial charge on any atom is -0.299 e. The van der Waals surface area contributed by atoms with Gasteiger partial charge in [0.15, 0.2) is 0 Å². The third-order valence-corrected chi connectivity index (χ3v) is 6.34. The highest BCUT2D eigenvalue weighted by Gasteiger charge is 2.39. The summed E-state index contributed by atoms with van der Waals surface area (Å²) in [6.07, 6.45) is 6.98. The van der Waals surface area contributed by atoms with Gasteiger partial charge < -0.3 is 0 Å². The molecule has 2 saturated carbocycles. The summed E-state index contributed by atoms with van der Waals surface area (Å²) >= 11 is 1.76. The van der Waals surface area contributed by atoms with Crippen molar-refractivity contribution in [1.82, 2.24) is 0 Å². The zero-order chi connectivity index (χ0) is 13.5. The number of fused-ring (bicyclic) bond motifs is 3. The molecule has 1 aromatic carbocycles. The maximum Gasteiger partial charge on any atom is 0.137 e. The molecule has 3 unspecified atom stereocenters. The smallest absolute Gasteiger partial charge is 0.137 e. The topological polar surface area (TPSA) is 17.1 Å². The Labute approximate surface area is 124 Å². The third kappa shape index (κ3) is 2.20. The predicted octanol–water partition coefficient (Wildman–Crippen LogP) is 4.84. The monoisotopic (exact) mass is 284 g/mol. The minimum absolute atomic E-state index is 0.450. The molecule has 104 valence electrons. The van der Waals surface area contributed by atoms with Crippen LogP contribution in [0.15, 0.2) is 29.6 Å².